The molecule has 0 radical (unpaired) electrons. The van der Waals surface area contributed by atoms with E-state index in [1.807, 2.05) is 31.2 Å². The van der Waals surface area contributed by atoms with Crippen molar-refractivity contribution in [3.05, 3.63) is 75.3 Å². The number of anilines is 1. The maximum atomic E-state index is 15.0. The van der Waals surface area contributed by atoms with Crippen molar-refractivity contribution in [2.24, 2.45) is 36.1 Å². The Balaban J connectivity index is 1.18. The summed E-state index contributed by atoms with van der Waals surface area (Å²) < 4.78 is 2.58. The van der Waals surface area contributed by atoms with E-state index in [4.69, 9.17) is 33.4 Å². The topological polar surface area (TPSA) is 150 Å². The van der Waals surface area contributed by atoms with E-state index in [0.29, 0.717) is 47.8 Å². The van der Waals surface area contributed by atoms with Crippen LogP contribution in [-0.4, -0.2) is 61.0 Å². The molecule has 54 heavy (non-hydrogen) atoms. The molecule has 2 saturated heterocycles. The maximum Gasteiger partial charge on any atom is 0.303 e. The first-order valence-corrected chi connectivity index (χ1v) is 19.7. The zero-order valence-corrected chi connectivity index (χ0v) is 32.2. The first-order chi connectivity index (χ1) is 25.7. The molecular formula is C40H38Cl2N4O7S. The summed E-state index contributed by atoms with van der Waals surface area (Å²) in [5.74, 6) is -5.45. The summed E-state index contributed by atoms with van der Waals surface area (Å²) in [5.41, 5.74) is 1.62. The van der Waals surface area contributed by atoms with Gasteiger partial charge in [0.25, 0.3) is 0 Å². The summed E-state index contributed by atoms with van der Waals surface area (Å²) in [6.45, 7) is 3.98. The average molecular weight is 790 g/mol. The van der Waals surface area contributed by atoms with Gasteiger partial charge in [0.1, 0.15) is 17.3 Å². The van der Waals surface area contributed by atoms with E-state index in [1.54, 1.807) is 42.1 Å². The monoisotopic (exact) mass is 788 g/mol. The van der Waals surface area contributed by atoms with E-state index in [9.17, 15) is 24.3 Å². The number of hydrogen-bond acceptors (Lipinski definition) is 8. The van der Waals surface area contributed by atoms with Crippen LogP contribution in [0.2, 0.25) is 10.0 Å². The van der Waals surface area contributed by atoms with Gasteiger partial charge in [0, 0.05) is 46.7 Å². The van der Waals surface area contributed by atoms with E-state index < -0.39 is 52.8 Å². The van der Waals surface area contributed by atoms with Crippen LogP contribution in [0.1, 0.15) is 62.5 Å². The number of phenols is 1. The van der Waals surface area contributed by atoms with Gasteiger partial charge in [0.15, 0.2) is 0 Å². The van der Waals surface area contributed by atoms with Crippen LogP contribution in [-0.2, 0) is 31.0 Å². The largest absolute Gasteiger partial charge is 0.508 e. The number of carboxylic acids is 1. The number of carbonyl (C=O) groups excluding carboxylic acids is 4. The summed E-state index contributed by atoms with van der Waals surface area (Å²) in [7, 11) is 1.70. The number of allylic oxidation sites excluding steroid dienone is 2. The van der Waals surface area contributed by atoms with Crippen LogP contribution in [0.25, 0.3) is 20.7 Å². The minimum absolute atomic E-state index is 0.0216. The molecule has 4 heterocycles. The molecule has 2 aliphatic heterocycles. The number of phenolic OH excluding ortho intramolecular Hbond substituents is 1. The molecule has 3 fully saturated rings. The molecule has 6 atom stereocenters. The molecule has 4 aromatic rings. The lowest BCUT2D eigenvalue weighted by molar-refractivity contribution is -0.141. The van der Waals surface area contributed by atoms with Crippen molar-refractivity contribution in [3.63, 3.8) is 0 Å². The number of aliphatic carboxylic acids is 1. The lowest BCUT2D eigenvalue weighted by atomic mass is 9.51. The third kappa shape index (κ3) is 5.51. The van der Waals surface area contributed by atoms with Crippen LogP contribution in [0.3, 0.4) is 0 Å². The Morgan fingerprint density at radius 1 is 1.00 bits per heavy atom. The Morgan fingerprint density at radius 3 is 2.52 bits per heavy atom. The van der Waals surface area contributed by atoms with Crippen LogP contribution in [0.15, 0.2) is 54.1 Å². The number of likely N-dealkylation sites (tertiary alicyclic amines) is 1. The molecule has 0 bridgehead atoms. The second-order valence-corrected chi connectivity index (χ2v) is 17.0. The molecule has 8 rings (SSSR count). The van der Waals surface area contributed by atoms with Gasteiger partial charge >= 0.3 is 5.97 Å². The lowest BCUT2D eigenvalue weighted by Gasteiger charge is -2.49. The molecule has 14 heteroatoms. The molecule has 0 spiro atoms. The smallest absolute Gasteiger partial charge is 0.303 e. The predicted molar refractivity (Wildman–Crippen MR) is 204 cm³/mol. The number of thiophene rings is 1. The Kier molecular flexibility index (Phi) is 9.01. The fourth-order valence-electron chi connectivity index (χ4n) is 9.55. The summed E-state index contributed by atoms with van der Waals surface area (Å²) in [6, 6.07) is 12.0. The van der Waals surface area contributed by atoms with Crippen LogP contribution < -0.4 is 4.90 Å². The number of aryl methyl sites for hydroxylation is 2. The van der Waals surface area contributed by atoms with Crippen molar-refractivity contribution >= 4 is 80.0 Å². The number of aromatic nitrogens is 2. The van der Waals surface area contributed by atoms with E-state index in [-0.39, 0.29) is 42.0 Å². The molecule has 4 aliphatic rings. The SMILES string of the molecule is Cc1c(-c2cc(N3C(=O)C4CC5C(=CCC6C(=O)N(CCCCCC(=O)O)C(=O)C65)C(c5ccc(O)cc5Cl)C4(C)C3=O)n(C)n2)sc2ccc(Cl)cc12. The van der Waals surface area contributed by atoms with Gasteiger partial charge in [-0.05, 0) is 92.3 Å². The standard InChI is InChI=1S/C40H38Cl2N4O7S/c1-19-25-15-20(41)8-13-30(25)54-35(19)29-18-31(44(3)43-29)46-37(51)27-17-26-22(34(40(27,2)39(46)53)23-10-9-21(47)16-28(23)42)11-12-24-33(26)38(52)45(36(24)50)14-6-4-5-7-32(48)49/h8-11,13,15-16,18,24,26-27,33-34,47H,4-7,12,14,17H2,1-3H3,(H,48,49). The molecule has 1 saturated carbocycles. The molecule has 2 aliphatic carbocycles. The van der Waals surface area contributed by atoms with Crippen molar-refractivity contribution in [1.82, 2.24) is 14.7 Å². The number of hydrogen-bond donors (Lipinski definition) is 2. The van der Waals surface area contributed by atoms with E-state index in [1.165, 1.54) is 21.9 Å². The molecule has 2 aromatic carbocycles. The second kappa shape index (κ2) is 13.3. The zero-order valence-electron chi connectivity index (χ0n) is 29.8. The minimum Gasteiger partial charge on any atom is -0.508 e. The molecule has 6 unspecified atom stereocenters. The van der Waals surface area contributed by atoms with Gasteiger partial charge in [0.05, 0.1) is 28.0 Å². The summed E-state index contributed by atoms with van der Waals surface area (Å²) >= 11 is 14.7. The molecule has 11 nitrogen and oxygen atoms in total. The number of imide groups is 2. The normalized spacial score (nSPS) is 26.4. The number of carboxylic acid groups (broad SMARTS) is 1. The number of aromatic hydroxyl groups is 1. The first-order valence-electron chi connectivity index (χ1n) is 18.1. The van der Waals surface area contributed by atoms with E-state index in [2.05, 4.69) is 0 Å². The maximum absolute atomic E-state index is 15.0. The summed E-state index contributed by atoms with van der Waals surface area (Å²) in [4.78, 5) is 72.1. The van der Waals surface area contributed by atoms with E-state index in [0.717, 1.165) is 26.1 Å². The van der Waals surface area contributed by atoms with Crippen molar-refractivity contribution in [1.29, 1.82) is 0 Å². The fraction of sp³-hybridized carbons (Fsp3) is 0.400. The average Bonchev–Trinajstić information content (AvgIpc) is 3.79. The van der Waals surface area contributed by atoms with Crippen LogP contribution in [0, 0.1) is 36.0 Å². The van der Waals surface area contributed by atoms with Crippen molar-refractivity contribution in [2.45, 2.75) is 58.3 Å². The second-order valence-electron chi connectivity index (χ2n) is 15.1. The highest BCUT2D eigenvalue weighted by Gasteiger charge is 2.68. The van der Waals surface area contributed by atoms with E-state index >= 15 is 4.79 Å². The summed E-state index contributed by atoms with van der Waals surface area (Å²) in [5, 5.41) is 25.9. The van der Waals surface area contributed by atoms with Gasteiger partial charge in [-0.1, -0.05) is 47.3 Å². The van der Waals surface area contributed by atoms with Gasteiger partial charge in [-0.3, -0.25) is 33.6 Å². The van der Waals surface area contributed by atoms with Gasteiger partial charge in [-0.15, -0.1) is 11.3 Å². The summed E-state index contributed by atoms with van der Waals surface area (Å²) in [6.07, 6.45) is 3.96. The first kappa shape index (κ1) is 36.5. The number of rotatable bonds is 9. The number of benzene rings is 2. The van der Waals surface area contributed by atoms with Crippen LogP contribution in [0.4, 0.5) is 5.82 Å². The highest BCUT2D eigenvalue weighted by molar-refractivity contribution is 7.22. The highest BCUT2D eigenvalue weighted by Crippen LogP contribution is 2.64. The minimum atomic E-state index is -1.32. The zero-order chi connectivity index (χ0) is 38.4. The number of carbonyl (C=O) groups is 5. The number of halogens is 2. The number of unbranched alkanes of at least 4 members (excludes halogenated alkanes) is 2. The third-order valence-electron chi connectivity index (χ3n) is 12.1. The fourth-order valence-corrected chi connectivity index (χ4v) is 11.2. The third-order valence-corrected chi connectivity index (χ3v) is 14.0. The molecule has 4 amide bonds. The van der Waals surface area contributed by atoms with Gasteiger partial charge in [-0.25, -0.2) is 4.90 Å². The lowest BCUT2D eigenvalue weighted by Crippen LogP contribution is -2.49. The Labute approximate surface area is 325 Å². The van der Waals surface area contributed by atoms with Gasteiger partial charge < -0.3 is 10.2 Å². The van der Waals surface area contributed by atoms with Gasteiger partial charge in [-0.2, -0.15) is 5.10 Å². The van der Waals surface area contributed by atoms with Crippen molar-refractivity contribution < 1.29 is 34.2 Å². The predicted octanol–water partition coefficient (Wildman–Crippen LogP) is 7.50. The Bertz CT molecular complexity index is 2330. The molecular weight excluding hydrogens is 751 g/mol. The molecule has 280 valence electrons. The van der Waals surface area contributed by atoms with Crippen LogP contribution >= 0.6 is 34.5 Å². The van der Waals surface area contributed by atoms with Crippen LogP contribution in [0.5, 0.6) is 5.75 Å². The number of amides is 4. The van der Waals surface area contributed by atoms with Gasteiger partial charge in [0.2, 0.25) is 23.6 Å². The Morgan fingerprint density at radius 2 is 1.78 bits per heavy atom. The Hall–Kier alpha value is -4.52. The van der Waals surface area contributed by atoms with Crippen molar-refractivity contribution in [3.8, 4) is 16.3 Å². The molecule has 2 N–H and O–H groups in total. The highest BCUT2D eigenvalue weighted by atomic mass is 35.5. The molecule has 2 aromatic heterocycles. The number of nitrogens with zero attached hydrogens (tertiary/aromatic N) is 4. The quantitative estimate of drug-likeness (QED) is 0.101. The number of fused-ring (bicyclic) bond motifs is 5. The van der Waals surface area contributed by atoms with Crippen molar-refractivity contribution in [2.75, 3.05) is 11.4 Å².